The topological polar surface area (TPSA) is 0 Å². The van der Waals surface area contributed by atoms with Gasteiger partial charge < -0.3 is 0 Å². The number of aryl methyl sites for hydroxylation is 1. The van der Waals surface area contributed by atoms with E-state index in [9.17, 15) is 0 Å². The van der Waals surface area contributed by atoms with E-state index in [0.29, 0.717) is 5.92 Å². The molecule has 2 heteroatoms. The summed E-state index contributed by atoms with van der Waals surface area (Å²) in [5.41, 5.74) is 9.83. The zero-order chi connectivity index (χ0) is 25.1. The van der Waals surface area contributed by atoms with Crippen molar-refractivity contribution in [3.63, 3.8) is 0 Å². The zero-order valence-corrected chi connectivity index (χ0v) is 26.3. The molecule has 0 radical (unpaired) electrons. The van der Waals surface area contributed by atoms with Crippen molar-refractivity contribution in [1.82, 2.24) is 0 Å². The minimum absolute atomic E-state index is 0.0194. The summed E-state index contributed by atoms with van der Waals surface area (Å²) < 4.78 is 1.53. The summed E-state index contributed by atoms with van der Waals surface area (Å²) in [6.07, 6.45) is 8.27. The van der Waals surface area contributed by atoms with Gasteiger partial charge in [-0.1, -0.05) is 113 Å². The van der Waals surface area contributed by atoms with E-state index in [0.717, 1.165) is 19.3 Å². The molecular formula is C32H40I2. The lowest BCUT2D eigenvalue weighted by atomic mass is 9.59. The molecule has 0 fully saturated rings. The molecule has 2 aromatic rings. The summed E-state index contributed by atoms with van der Waals surface area (Å²) >= 11 is 2.66. The Morgan fingerprint density at radius 3 is 2.21 bits per heavy atom. The number of hydrogen-bond acceptors (Lipinski definition) is 0. The summed E-state index contributed by atoms with van der Waals surface area (Å²) in [6, 6.07) is 18.1. The van der Waals surface area contributed by atoms with Crippen LogP contribution in [0.1, 0.15) is 76.1 Å². The lowest BCUT2D eigenvalue weighted by Crippen LogP contribution is -2.32. The predicted molar refractivity (Wildman–Crippen MR) is 171 cm³/mol. The fourth-order valence-electron chi connectivity index (χ4n) is 5.34. The van der Waals surface area contributed by atoms with Gasteiger partial charge in [-0.15, -0.1) is 20.7 Å². The third-order valence-electron chi connectivity index (χ3n) is 7.25. The smallest absolute Gasteiger partial charge is 0.0491 e. The van der Waals surface area contributed by atoms with Gasteiger partial charge in [0.15, 0.2) is 0 Å². The summed E-state index contributed by atoms with van der Waals surface area (Å²) in [7, 11) is 0. The number of hydrogen-bond donors (Lipinski definition) is 0. The van der Waals surface area contributed by atoms with Gasteiger partial charge >= 0.3 is 0 Å². The first kappa shape index (κ1) is 27.6. The highest BCUT2D eigenvalue weighted by atomic mass is 127. The Morgan fingerprint density at radius 1 is 1.03 bits per heavy atom. The normalized spacial score (nSPS) is 19.8. The van der Waals surface area contributed by atoms with Crippen molar-refractivity contribution in [2.45, 2.75) is 60.8 Å². The molecule has 2 aromatic carbocycles. The number of alkyl halides is 1. The summed E-state index contributed by atoms with van der Waals surface area (Å²) in [5, 5.41) is 0. The molecule has 182 valence electrons. The number of halogens is 2. The lowest BCUT2D eigenvalue weighted by Gasteiger charge is -2.45. The van der Waals surface area contributed by atoms with Crippen LogP contribution in [0.5, 0.6) is 0 Å². The number of rotatable bonds is 7. The van der Waals surface area contributed by atoms with Gasteiger partial charge in [0.2, 0.25) is 0 Å². The van der Waals surface area contributed by atoms with Crippen LogP contribution in [0, 0.1) is 23.7 Å². The molecule has 0 nitrogen and oxygen atoms in total. The zero-order valence-electron chi connectivity index (χ0n) is 21.9. The summed E-state index contributed by atoms with van der Waals surface area (Å²) in [4.78, 5) is 2.33. The first-order valence-electron chi connectivity index (χ1n) is 12.2. The Morgan fingerprint density at radius 2 is 1.62 bits per heavy atom. The Bertz CT molecular complexity index is 1110. The molecule has 0 saturated heterocycles. The second kappa shape index (κ2) is 11.4. The lowest BCUT2D eigenvalue weighted by molar-refractivity contribution is 0.350. The van der Waals surface area contributed by atoms with E-state index in [1.54, 1.807) is 5.57 Å². The summed E-state index contributed by atoms with van der Waals surface area (Å²) in [6.45, 7) is 18.6. The van der Waals surface area contributed by atoms with Gasteiger partial charge in [0.1, 0.15) is 0 Å². The molecule has 0 bridgehead atoms. The van der Waals surface area contributed by atoms with Gasteiger partial charge in [-0.25, -0.2) is 0 Å². The van der Waals surface area contributed by atoms with E-state index >= 15 is 0 Å². The van der Waals surface area contributed by atoms with Gasteiger partial charge in [0.05, 0.1) is 0 Å². The van der Waals surface area contributed by atoms with Crippen molar-refractivity contribution in [3.8, 4) is 0 Å². The summed E-state index contributed by atoms with van der Waals surface area (Å²) in [5.74, 6) is 0.566. The van der Waals surface area contributed by atoms with Crippen molar-refractivity contribution in [2.75, 3.05) is 4.93 Å². The maximum Gasteiger partial charge on any atom is 0.0491 e. The third-order valence-corrected chi connectivity index (χ3v) is 12.2. The molecule has 0 N–H and O–H groups in total. The Kier molecular flexibility index (Phi) is 9.22. The van der Waals surface area contributed by atoms with Crippen LogP contribution in [0.25, 0.3) is 11.1 Å². The van der Waals surface area contributed by atoms with E-state index in [4.69, 9.17) is 0 Å². The van der Waals surface area contributed by atoms with Crippen LogP contribution >= 0.6 is 43.3 Å². The highest BCUT2D eigenvalue weighted by molar-refractivity contribution is 14.2. The predicted octanol–water partition coefficient (Wildman–Crippen LogP) is 10.4. The molecule has 0 aliphatic heterocycles. The van der Waals surface area contributed by atoms with Crippen molar-refractivity contribution in [2.24, 2.45) is 16.7 Å². The maximum atomic E-state index is 4.39. The van der Waals surface area contributed by atoms with E-state index < -0.39 is 0 Å². The van der Waals surface area contributed by atoms with Gasteiger partial charge in [0.25, 0.3) is 0 Å². The molecule has 0 spiro atoms. The second-order valence-corrected chi connectivity index (χ2v) is 16.3. The molecule has 1 aliphatic rings. The van der Waals surface area contributed by atoms with E-state index in [1.807, 2.05) is 0 Å². The van der Waals surface area contributed by atoms with E-state index in [1.165, 1.54) is 34.9 Å². The molecule has 34 heavy (non-hydrogen) atoms. The molecule has 1 aliphatic carbocycles. The Labute approximate surface area is 231 Å². The van der Waals surface area contributed by atoms with Gasteiger partial charge in [-0.2, -0.15) is 0 Å². The van der Waals surface area contributed by atoms with Crippen LogP contribution < -0.4 is 0 Å². The van der Waals surface area contributed by atoms with Gasteiger partial charge in [0, 0.05) is 6.93 Å². The van der Waals surface area contributed by atoms with Crippen molar-refractivity contribution >= 4 is 56.0 Å². The van der Waals surface area contributed by atoms with Crippen LogP contribution in [0.2, 0.25) is 0 Å². The number of benzene rings is 2. The van der Waals surface area contributed by atoms with Crippen LogP contribution in [-0.4, -0.2) is 6.45 Å². The molecule has 1 atom stereocenters. The highest BCUT2D eigenvalue weighted by Gasteiger charge is 2.40. The Balaban J connectivity index is 1.80. The van der Waals surface area contributed by atoms with Crippen LogP contribution in [0.4, 0.5) is 0 Å². The highest BCUT2D eigenvalue weighted by Crippen LogP contribution is 2.54. The first-order valence-corrected chi connectivity index (χ1v) is 16.6. The fraction of sp³-hybridized carbons (Fsp3) is 0.406. The minimum Gasteiger partial charge on any atom is -0.111 e. The number of allylic oxidation sites excluding steroid dienone is 5. The second-order valence-electron chi connectivity index (χ2n) is 11.0. The Hall–Kier alpha value is -1.01. The molecule has 0 aromatic heterocycles. The van der Waals surface area contributed by atoms with Crippen molar-refractivity contribution in [3.05, 3.63) is 95.1 Å². The molecular weight excluding hydrogens is 638 g/mol. The monoisotopic (exact) mass is 678 g/mol. The molecule has 0 saturated carbocycles. The largest absolute Gasteiger partial charge is 0.111 e. The van der Waals surface area contributed by atoms with E-state index in [2.05, 4.69) is 136 Å². The van der Waals surface area contributed by atoms with Crippen molar-refractivity contribution in [1.29, 1.82) is 0 Å². The molecule has 3 rings (SSSR count). The van der Waals surface area contributed by atoms with Gasteiger partial charge in [-0.3, -0.25) is 0 Å². The quantitative estimate of drug-likeness (QED) is 0.155. The van der Waals surface area contributed by atoms with Crippen LogP contribution in [-0.2, 0) is 0 Å². The first-order chi connectivity index (χ1) is 16.0. The fourth-order valence-corrected chi connectivity index (χ4v) is 6.68. The third kappa shape index (κ3) is 6.40. The minimum atomic E-state index is 0.0194. The van der Waals surface area contributed by atoms with Crippen LogP contribution in [0.15, 0.2) is 72.8 Å². The standard InChI is InChI=1S/C32H40I2/c1-22-9-12-25(13-10-22)24(3)21-23(2)11-18-29-31(4,5)20-19-28(32(29,6)7)26-14-16-27(17-15-26)30(33)34-8/h9-10,12-19,23H,3,11,20-21H2,1-2,4-8H3/b29-18+/t23-/m0/s1. The molecule has 0 heterocycles. The van der Waals surface area contributed by atoms with Crippen molar-refractivity contribution < 1.29 is 0 Å². The SMILES string of the molecule is C=C(C[C@@H](C)C/C=C1\C(C)(C)CC=C(c2ccc(C(I)=IC)cc2)C1(C)C)c1ccc(C)cc1. The maximum absolute atomic E-state index is 4.39. The van der Waals surface area contributed by atoms with E-state index in [-0.39, 0.29) is 31.6 Å². The molecule has 0 unspecified atom stereocenters. The molecule has 0 amide bonds. The van der Waals surface area contributed by atoms with Crippen LogP contribution in [0.3, 0.4) is 0 Å². The average Bonchev–Trinajstić information content (AvgIpc) is 2.78. The van der Waals surface area contributed by atoms with Gasteiger partial charge in [-0.05, 0) is 92.9 Å². The average molecular weight is 678 g/mol.